The number of amides is 1. The zero-order valence-electron chi connectivity index (χ0n) is 15.1. The van der Waals surface area contributed by atoms with Gasteiger partial charge in [-0.3, -0.25) is 9.69 Å². The Balaban J connectivity index is 2.13. The molecule has 2 fully saturated rings. The van der Waals surface area contributed by atoms with Crippen molar-refractivity contribution in [1.29, 1.82) is 0 Å². The Morgan fingerprint density at radius 3 is 2.65 bits per heavy atom. The lowest BCUT2D eigenvalue weighted by molar-refractivity contribution is -0.132. The van der Waals surface area contributed by atoms with E-state index in [1.807, 2.05) is 20.8 Å². The predicted octanol–water partition coefficient (Wildman–Crippen LogP) is 3.26. The standard InChI is InChI=1S/C18H31NO4/c1-12(2)13-6-7-16(20)14(10-13)15-11-22-9-8-19(15)17(21)23-18(3,4)5/h12-15H,6-11H2,1-5H3. The molecule has 1 amide bonds. The Labute approximate surface area is 139 Å². The lowest BCUT2D eigenvalue weighted by Gasteiger charge is -2.43. The van der Waals surface area contributed by atoms with E-state index in [9.17, 15) is 9.59 Å². The Hall–Kier alpha value is -1.10. The molecular formula is C18H31NO4. The summed E-state index contributed by atoms with van der Waals surface area (Å²) in [6, 6.07) is -0.187. The summed E-state index contributed by atoms with van der Waals surface area (Å²) in [5.74, 6) is 1.25. The van der Waals surface area contributed by atoms with E-state index < -0.39 is 5.60 Å². The van der Waals surface area contributed by atoms with Gasteiger partial charge in [-0.05, 0) is 45.4 Å². The van der Waals surface area contributed by atoms with E-state index in [4.69, 9.17) is 9.47 Å². The lowest BCUT2D eigenvalue weighted by atomic mass is 9.72. The van der Waals surface area contributed by atoms with Crippen LogP contribution in [-0.4, -0.2) is 48.2 Å². The summed E-state index contributed by atoms with van der Waals surface area (Å²) in [6.07, 6.45) is 2.11. The second-order valence-corrected chi connectivity index (χ2v) is 8.17. The van der Waals surface area contributed by atoms with Crippen molar-refractivity contribution in [2.24, 2.45) is 17.8 Å². The van der Waals surface area contributed by atoms with Crippen molar-refractivity contribution < 1.29 is 19.1 Å². The average molecular weight is 325 g/mol. The third-order valence-electron chi connectivity index (χ3n) is 4.93. The second-order valence-electron chi connectivity index (χ2n) is 8.17. The van der Waals surface area contributed by atoms with Gasteiger partial charge >= 0.3 is 6.09 Å². The van der Waals surface area contributed by atoms with E-state index in [-0.39, 0.29) is 23.8 Å². The van der Waals surface area contributed by atoms with Crippen LogP contribution in [0.3, 0.4) is 0 Å². The molecule has 0 N–H and O–H groups in total. The molecule has 1 saturated heterocycles. The van der Waals surface area contributed by atoms with Crippen molar-refractivity contribution >= 4 is 11.9 Å². The maximum atomic E-state index is 12.5. The number of carbonyl (C=O) groups is 2. The molecule has 3 atom stereocenters. The maximum absolute atomic E-state index is 12.5. The van der Waals surface area contributed by atoms with Gasteiger partial charge < -0.3 is 9.47 Å². The van der Waals surface area contributed by atoms with E-state index in [0.717, 1.165) is 12.8 Å². The van der Waals surface area contributed by atoms with Crippen LogP contribution in [0.25, 0.3) is 0 Å². The van der Waals surface area contributed by atoms with E-state index in [1.54, 1.807) is 4.90 Å². The van der Waals surface area contributed by atoms with Crippen molar-refractivity contribution in [1.82, 2.24) is 4.90 Å². The molecule has 3 unspecified atom stereocenters. The van der Waals surface area contributed by atoms with Crippen LogP contribution in [-0.2, 0) is 14.3 Å². The van der Waals surface area contributed by atoms with Crippen LogP contribution in [0.5, 0.6) is 0 Å². The van der Waals surface area contributed by atoms with E-state index in [2.05, 4.69) is 13.8 Å². The first kappa shape index (κ1) is 18.2. The van der Waals surface area contributed by atoms with E-state index in [1.165, 1.54) is 0 Å². The van der Waals surface area contributed by atoms with Crippen molar-refractivity contribution in [3.8, 4) is 0 Å². The minimum atomic E-state index is -0.531. The van der Waals surface area contributed by atoms with E-state index >= 15 is 0 Å². The summed E-state index contributed by atoms with van der Waals surface area (Å²) in [4.78, 5) is 26.7. The topological polar surface area (TPSA) is 55.8 Å². The van der Waals surface area contributed by atoms with Crippen molar-refractivity contribution in [2.45, 2.75) is 65.5 Å². The number of ether oxygens (including phenoxy) is 2. The molecule has 23 heavy (non-hydrogen) atoms. The van der Waals surface area contributed by atoms with Gasteiger partial charge in [-0.15, -0.1) is 0 Å². The van der Waals surface area contributed by atoms with Gasteiger partial charge in [0, 0.05) is 18.9 Å². The van der Waals surface area contributed by atoms with Gasteiger partial charge in [-0.1, -0.05) is 13.8 Å². The van der Waals surface area contributed by atoms with Crippen molar-refractivity contribution in [2.75, 3.05) is 19.8 Å². The summed E-state index contributed by atoms with van der Waals surface area (Å²) in [7, 11) is 0. The number of ketones is 1. The molecule has 132 valence electrons. The first-order chi connectivity index (χ1) is 10.7. The van der Waals surface area contributed by atoms with Gasteiger partial charge in [-0.2, -0.15) is 0 Å². The normalized spacial score (nSPS) is 29.7. The quantitative estimate of drug-likeness (QED) is 0.782. The third-order valence-corrected chi connectivity index (χ3v) is 4.93. The SMILES string of the molecule is CC(C)C1CCC(=O)C(C2COCCN2C(=O)OC(C)(C)C)C1. The zero-order chi connectivity index (χ0) is 17.2. The molecular weight excluding hydrogens is 294 g/mol. The van der Waals surface area contributed by atoms with Gasteiger partial charge in [0.2, 0.25) is 0 Å². The van der Waals surface area contributed by atoms with E-state index in [0.29, 0.717) is 38.0 Å². The Kier molecular flexibility index (Phi) is 5.71. The molecule has 2 aliphatic rings. The fourth-order valence-electron chi connectivity index (χ4n) is 3.57. The molecule has 0 bridgehead atoms. The zero-order valence-corrected chi connectivity index (χ0v) is 15.1. The van der Waals surface area contributed by atoms with Crippen LogP contribution in [0.15, 0.2) is 0 Å². The summed E-state index contributed by atoms with van der Waals surface area (Å²) >= 11 is 0. The molecule has 0 radical (unpaired) electrons. The molecule has 0 aromatic heterocycles. The highest BCUT2D eigenvalue weighted by Crippen LogP contribution is 2.35. The minimum absolute atomic E-state index is 0.121. The predicted molar refractivity (Wildman–Crippen MR) is 88.2 cm³/mol. The number of hydrogen-bond acceptors (Lipinski definition) is 4. The number of carbonyl (C=O) groups excluding carboxylic acids is 2. The highest BCUT2D eigenvalue weighted by atomic mass is 16.6. The van der Waals surface area contributed by atoms with Crippen LogP contribution in [0.2, 0.25) is 0 Å². The van der Waals surface area contributed by atoms with Crippen molar-refractivity contribution in [3.05, 3.63) is 0 Å². The molecule has 5 heteroatoms. The Morgan fingerprint density at radius 1 is 1.35 bits per heavy atom. The molecule has 0 aromatic carbocycles. The smallest absolute Gasteiger partial charge is 0.410 e. The molecule has 2 rings (SSSR count). The van der Waals surface area contributed by atoms with Crippen LogP contribution in [0.4, 0.5) is 4.79 Å². The minimum Gasteiger partial charge on any atom is -0.444 e. The Morgan fingerprint density at radius 2 is 2.04 bits per heavy atom. The fraction of sp³-hybridized carbons (Fsp3) is 0.889. The second kappa shape index (κ2) is 7.20. The number of nitrogens with zero attached hydrogens (tertiary/aromatic N) is 1. The van der Waals surface area contributed by atoms with Crippen LogP contribution in [0, 0.1) is 17.8 Å². The molecule has 1 aliphatic carbocycles. The molecule has 1 heterocycles. The Bertz CT molecular complexity index is 441. The first-order valence-electron chi connectivity index (χ1n) is 8.79. The van der Waals surface area contributed by atoms with Gasteiger partial charge in [-0.25, -0.2) is 4.79 Å². The average Bonchev–Trinajstić information content (AvgIpc) is 2.45. The van der Waals surface area contributed by atoms with Crippen molar-refractivity contribution in [3.63, 3.8) is 0 Å². The largest absolute Gasteiger partial charge is 0.444 e. The number of morpholine rings is 1. The summed E-state index contributed by atoms with van der Waals surface area (Å²) in [6.45, 7) is 11.4. The summed E-state index contributed by atoms with van der Waals surface area (Å²) in [5, 5.41) is 0. The van der Waals surface area contributed by atoms with Crippen LogP contribution in [0.1, 0.15) is 53.9 Å². The third kappa shape index (κ3) is 4.69. The first-order valence-corrected chi connectivity index (χ1v) is 8.79. The van der Waals surface area contributed by atoms with Gasteiger partial charge in [0.05, 0.1) is 19.3 Å². The number of rotatable bonds is 2. The highest BCUT2D eigenvalue weighted by Gasteiger charge is 2.42. The number of hydrogen-bond donors (Lipinski definition) is 0. The monoisotopic (exact) mass is 325 g/mol. The molecule has 0 spiro atoms. The molecule has 1 aliphatic heterocycles. The molecule has 0 aromatic rings. The lowest BCUT2D eigenvalue weighted by Crippen LogP contribution is -2.56. The maximum Gasteiger partial charge on any atom is 0.410 e. The van der Waals surface area contributed by atoms with Crippen LogP contribution >= 0.6 is 0 Å². The van der Waals surface area contributed by atoms with Gasteiger partial charge in [0.1, 0.15) is 11.4 Å². The summed E-state index contributed by atoms with van der Waals surface area (Å²) in [5.41, 5.74) is -0.531. The van der Waals surface area contributed by atoms with Crippen LogP contribution < -0.4 is 0 Å². The van der Waals surface area contributed by atoms with Gasteiger partial charge in [0.25, 0.3) is 0 Å². The fourth-order valence-corrected chi connectivity index (χ4v) is 3.57. The highest BCUT2D eigenvalue weighted by molar-refractivity contribution is 5.83. The molecule has 1 saturated carbocycles. The number of Topliss-reactive ketones (excluding diaryl/α,β-unsaturated/α-hetero) is 1. The molecule has 5 nitrogen and oxygen atoms in total. The summed E-state index contributed by atoms with van der Waals surface area (Å²) < 4.78 is 11.1. The van der Waals surface area contributed by atoms with Gasteiger partial charge in [0.15, 0.2) is 0 Å².